The summed E-state index contributed by atoms with van der Waals surface area (Å²) < 4.78 is 13.4. The summed E-state index contributed by atoms with van der Waals surface area (Å²) in [5, 5.41) is 33.8. The van der Waals surface area contributed by atoms with Crippen LogP contribution in [0, 0.1) is 24.1 Å². The second-order valence-electron chi connectivity index (χ2n) is 6.87. The number of carbonyl (C=O) groups excluding carboxylic acids is 2. The van der Waals surface area contributed by atoms with E-state index in [1.807, 2.05) is 11.4 Å². The molecule has 9 nitrogen and oxygen atoms in total. The zero-order valence-electron chi connectivity index (χ0n) is 16.8. The van der Waals surface area contributed by atoms with Crippen LogP contribution in [0.2, 0.25) is 0 Å². The average Bonchev–Trinajstić information content (AvgIpc) is 2.79. The van der Waals surface area contributed by atoms with Crippen molar-refractivity contribution in [2.45, 2.75) is 19.4 Å². The highest BCUT2D eigenvalue weighted by atomic mass is 19.1. The molecule has 2 amide bonds. The van der Waals surface area contributed by atoms with Gasteiger partial charge in [-0.1, -0.05) is 12.1 Å². The molecule has 1 heterocycles. The fourth-order valence-corrected chi connectivity index (χ4v) is 2.73. The minimum Gasteiger partial charge on any atom is -0.347 e. The molecule has 32 heavy (non-hydrogen) atoms. The van der Waals surface area contributed by atoms with Crippen molar-refractivity contribution in [1.82, 2.24) is 20.6 Å². The molecule has 3 rings (SSSR count). The third-order valence-electron chi connectivity index (χ3n) is 4.52. The highest BCUT2D eigenvalue weighted by Gasteiger charge is 2.30. The van der Waals surface area contributed by atoms with Gasteiger partial charge in [-0.2, -0.15) is 5.26 Å². The van der Waals surface area contributed by atoms with Crippen molar-refractivity contribution < 1.29 is 24.2 Å². The standard InChI is InChI=1S/C22H18FN5O4/c1-13-8-16(6-7-17(13)23)22(31,32)28-21(30)19-9-18(26-12-27-19)20(29)25-11-15-4-2-14(10-24)3-5-15/h2-9,12,31-32H,11H2,1H3,(H,25,29)(H,28,30). The lowest BCUT2D eigenvalue weighted by Gasteiger charge is -2.23. The normalized spacial score (nSPS) is 10.8. The van der Waals surface area contributed by atoms with Crippen LogP contribution in [-0.2, 0) is 12.5 Å². The van der Waals surface area contributed by atoms with Gasteiger partial charge in [0.1, 0.15) is 23.5 Å². The minimum absolute atomic E-state index is 0.113. The van der Waals surface area contributed by atoms with Crippen LogP contribution in [-0.4, -0.2) is 32.0 Å². The van der Waals surface area contributed by atoms with E-state index in [-0.39, 0.29) is 29.1 Å². The van der Waals surface area contributed by atoms with Crippen LogP contribution in [0.15, 0.2) is 54.9 Å². The molecule has 0 atom stereocenters. The van der Waals surface area contributed by atoms with Crippen LogP contribution < -0.4 is 10.6 Å². The maximum Gasteiger partial charge on any atom is 0.275 e. The van der Waals surface area contributed by atoms with E-state index >= 15 is 0 Å². The molecule has 0 bridgehead atoms. The third-order valence-corrected chi connectivity index (χ3v) is 4.52. The van der Waals surface area contributed by atoms with Crippen LogP contribution in [0.25, 0.3) is 0 Å². The number of hydrogen-bond donors (Lipinski definition) is 4. The first-order chi connectivity index (χ1) is 15.2. The zero-order chi connectivity index (χ0) is 23.3. The van der Waals surface area contributed by atoms with Crippen LogP contribution in [0.5, 0.6) is 0 Å². The summed E-state index contributed by atoms with van der Waals surface area (Å²) in [6.07, 6.45) is 0.990. The lowest BCUT2D eigenvalue weighted by Crippen LogP contribution is -2.46. The van der Waals surface area contributed by atoms with E-state index in [4.69, 9.17) is 5.26 Å². The van der Waals surface area contributed by atoms with E-state index in [2.05, 4.69) is 15.3 Å². The van der Waals surface area contributed by atoms with Crippen LogP contribution >= 0.6 is 0 Å². The Balaban J connectivity index is 1.68. The number of carbonyl (C=O) groups is 2. The van der Waals surface area contributed by atoms with Crippen molar-refractivity contribution in [2.24, 2.45) is 0 Å². The fourth-order valence-electron chi connectivity index (χ4n) is 2.73. The maximum atomic E-state index is 13.4. The molecule has 0 aliphatic rings. The Bertz CT molecular complexity index is 1210. The van der Waals surface area contributed by atoms with E-state index in [0.29, 0.717) is 5.56 Å². The van der Waals surface area contributed by atoms with E-state index in [1.54, 1.807) is 24.3 Å². The lowest BCUT2D eigenvalue weighted by atomic mass is 10.1. The summed E-state index contributed by atoms with van der Waals surface area (Å²) in [6.45, 7) is 1.60. The SMILES string of the molecule is Cc1cc(C(O)(O)NC(=O)c2cc(C(=O)NCc3ccc(C#N)cc3)ncn2)ccc1F. The number of nitrogens with one attached hydrogen (secondary N) is 2. The van der Waals surface area contributed by atoms with Gasteiger partial charge in [-0.3, -0.25) is 14.9 Å². The second kappa shape index (κ2) is 9.30. The summed E-state index contributed by atoms with van der Waals surface area (Å²) in [4.78, 5) is 32.4. The molecule has 0 aliphatic heterocycles. The number of hydrogen-bond acceptors (Lipinski definition) is 7. The third kappa shape index (κ3) is 5.28. The molecule has 3 aromatic rings. The van der Waals surface area contributed by atoms with Crippen molar-refractivity contribution >= 4 is 11.8 Å². The van der Waals surface area contributed by atoms with E-state index in [1.165, 1.54) is 13.0 Å². The molecule has 2 aromatic carbocycles. The Morgan fingerprint density at radius 1 is 1.06 bits per heavy atom. The number of nitriles is 1. The van der Waals surface area contributed by atoms with Crippen molar-refractivity contribution in [3.8, 4) is 6.07 Å². The molecule has 162 valence electrons. The van der Waals surface area contributed by atoms with Gasteiger partial charge in [-0.15, -0.1) is 0 Å². The van der Waals surface area contributed by atoms with Gasteiger partial charge in [0.05, 0.1) is 11.6 Å². The molecular formula is C22H18FN5O4. The highest BCUT2D eigenvalue weighted by Crippen LogP contribution is 2.19. The predicted molar refractivity (Wildman–Crippen MR) is 109 cm³/mol. The summed E-state index contributed by atoms with van der Waals surface area (Å²) in [5.41, 5.74) is 0.856. The van der Waals surface area contributed by atoms with Crippen molar-refractivity contribution in [1.29, 1.82) is 5.26 Å². The second-order valence-corrected chi connectivity index (χ2v) is 6.87. The Morgan fingerprint density at radius 2 is 1.72 bits per heavy atom. The summed E-state index contributed by atoms with van der Waals surface area (Å²) in [6, 6.07) is 13.0. The van der Waals surface area contributed by atoms with Crippen molar-refractivity contribution in [3.05, 3.63) is 94.3 Å². The summed E-state index contributed by atoms with van der Waals surface area (Å²) in [7, 11) is 0. The van der Waals surface area contributed by atoms with E-state index < -0.39 is 23.5 Å². The van der Waals surface area contributed by atoms with Gasteiger partial charge in [0.2, 0.25) is 0 Å². The van der Waals surface area contributed by atoms with Gasteiger partial charge < -0.3 is 15.5 Å². The number of nitrogens with zero attached hydrogens (tertiary/aromatic N) is 3. The number of rotatable bonds is 6. The predicted octanol–water partition coefficient (Wildman–Crippen LogP) is 1.25. The van der Waals surface area contributed by atoms with Gasteiger partial charge in [0, 0.05) is 18.2 Å². The Hall–Kier alpha value is -4.20. The number of aryl methyl sites for hydroxylation is 1. The monoisotopic (exact) mass is 435 g/mol. The Labute approximate surface area is 182 Å². The number of amides is 2. The van der Waals surface area contributed by atoms with E-state index in [0.717, 1.165) is 30.1 Å². The molecule has 0 radical (unpaired) electrons. The summed E-state index contributed by atoms with van der Waals surface area (Å²) in [5.74, 6) is -4.90. The topological polar surface area (TPSA) is 148 Å². The smallest absolute Gasteiger partial charge is 0.275 e. The van der Waals surface area contributed by atoms with E-state index in [9.17, 15) is 24.2 Å². The Morgan fingerprint density at radius 3 is 2.34 bits per heavy atom. The van der Waals surface area contributed by atoms with Gasteiger partial charge >= 0.3 is 0 Å². The lowest BCUT2D eigenvalue weighted by molar-refractivity contribution is -0.185. The maximum absolute atomic E-state index is 13.4. The zero-order valence-corrected chi connectivity index (χ0v) is 16.8. The molecule has 0 fully saturated rings. The van der Waals surface area contributed by atoms with Crippen LogP contribution in [0.1, 0.15) is 43.2 Å². The molecule has 0 aliphatic carbocycles. The highest BCUT2D eigenvalue weighted by molar-refractivity contribution is 5.97. The molecule has 0 spiro atoms. The average molecular weight is 435 g/mol. The first kappa shape index (κ1) is 22.5. The number of aromatic nitrogens is 2. The number of aliphatic hydroxyl groups is 2. The molecule has 0 saturated heterocycles. The molecule has 10 heteroatoms. The first-order valence-corrected chi connectivity index (χ1v) is 9.33. The van der Waals surface area contributed by atoms with Gasteiger partial charge in [-0.05, 0) is 48.4 Å². The van der Waals surface area contributed by atoms with Gasteiger partial charge in [0.15, 0.2) is 0 Å². The number of halogens is 1. The largest absolute Gasteiger partial charge is 0.347 e. The first-order valence-electron chi connectivity index (χ1n) is 9.33. The fraction of sp³-hybridized carbons (Fsp3) is 0.136. The van der Waals surface area contributed by atoms with Gasteiger partial charge in [-0.25, -0.2) is 14.4 Å². The van der Waals surface area contributed by atoms with Crippen LogP contribution in [0.3, 0.4) is 0 Å². The minimum atomic E-state index is -2.79. The van der Waals surface area contributed by atoms with Crippen molar-refractivity contribution in [2.75, 3.05) is 0 Å². The van der Waals surface area contributed by atoms with Crippen LogP contribution in [0.4, 0.5) is 4.39 Å². The van der Waals surface area contributed by atoms with Gasteiger partial charge in [0.25, 0.3) is 17.7 Å². The molecule has 0 saturated carbocycles. The molecular weight excluding hydrogens is 417 g/mol. The van der Waals surface area contributed by atoms with Crippen molar-refractivity contribution in [3.63, 3.8) is 0 Å². The molecule has 4 N–H and O–H groups in total. The number of benzene rings is 2. The molecule has 0 unspecified atom stereocenters. The quantitative estimate of drug-likeness (QED) is 0.426. The summed E-state index contributed by atoms with van der Waals surface area (Å²) >= 11 is 0. The molecule has 1 aromatic heterocycles. The Kier molecular flexibility index (Phi) is 6.53.